The molecule has 0 spiro atoms. The number of furan rings is 1. The maximum Gasteiger partial charge on any atom is 0.303 e. The molecule has 4 heteroatoms. The van der Waals surface area contributed by atoms with Crippen LogP contribution < -0.4 is 0 Å². The highest BCUT2D eigenvalue weighted by Gasteiger charge is 2.07. The van der Waals surface area contributed by atoms with Crippen molar-refractivity contribution in [2.75, 3.05) is 0 Å². The van der Waals surface area contributed by atoms with E-state index in [2.05, 4.69) is 0 Å². The molecule has 0 bridgehead atoms. The predicted molar refractivity (Wildman–Crippen MR) is 44.7 cm³/mol. The molecule has 0 aliphatic rings. The van der Waals surface area contributed by atoms with Crippen LogP contribution in [0.3, 0.4) is 0 Å². The van der Waals surface area contributed by atoms with Gasteiger partial charge in [-0.3, -0.25) is 9.59 Å². The van der Waals surface area contributed by atoms with Gasteiger partial charge in [-0.1, -0.05) is 0 Å². The Balaban J connectivity index is 2.59. The maximum atomic E-state index is 10.8. The van der Waals surface area contributed by atoms with Crippen molar-refractivity contribution in [1.82, 2.24) is 0 Å². The minimum Gasteiger partial charge on any atom is -0.481 e. The Morgan fingerprint density at radius 3 is 2.62 bits per heavy atom. The highest BCUT2D eigenvalue weighted by atomic mass is 16.4. The molecule has 0 radical (unpaired) electrons. The van der Waals surface area contributed by atoms with Crippen LogP contribution in [0.4, 0.5) is 0 Å². The second kappa shape index (κ2) is 3.89. The Morgan fingerprint density at radius 1 is 1.46 bits per heavy atom. The molecule has 0 saturated carbocycles. The number of carboxylic acid groups (broad SMARTS) is 1. The van der Waals surface area contributed by atoms with Crippen molar-refractivity contribution in [3.63, 3.8) is 0 Å². The average molecular weight is 182 g/mol. The highest BCUT2D eigenvalue weighted by molar-refractivity contribution is 5.91. The first-order valence-electron chi connectivity index (χ1n) is 3.91. The predicted octanol–water partition coefficient (Wildman–Crippen LogP) is 1.50. The van der Waals surface area contributed by atoms with Gasteiger partial charge in [-0.25, -0.2) is 0 Å². The van der Waals surface area contributed by atoms with Crippen LogP contribution in [0.1, 0.15) is 29.7 Å². The lowest BCUT2D eigenvalue weighted by molar-refractivity contribution is -0.137. The summed E-state index contributed by atoms with van der Waals surface area (Å²) in [6.07, 6.45) is 0.341. The van der Waals surface area contributed by atoms with E-state index in [9.17, 15) is 9.59 Å². The quantitative estimate of drug-likeness (QED) is 0.716. The van der Waals surface area contributed by atoms with E-state index in [1.165, 1.54) is 6.92 Å². The van der Waals surface area contributed by atoms with E-state index in [0.717, 1.165) is 0 Å². The Kier molecular flexibility index (Phi) is 2.84. The van der Waals surface area contributed by atoms with Gasteiger partial charge in [0.25, 0.3) is 0 Å². The van der Waals surface area contributed by atoms with Crippen molar-refractivity contribution in [2.24, 2.45) is 0 Å². The highest BCUT2D eigenvalue weighted by Crippen LogP contribution is 2.10. The standard InChI is InChI=1S/C9H10O4/c1-6(10)8-4-2-7(13-8)3-5-9(11)12/h2,4H,3,5H2,1H3,(H,11,12). The first-order chi connectivity index (χ1) is 6.09. The Bertz CT molecular complexity index is 324. The first-order valence-corrected chi connectivity index (χ1v) is 3.91. The van der Waals surface area contributed by atoms with Gasteiger partial charge in [0.15, 0.2) is 11.5 Å². The van der Waals surface area contributed by atoms with E-state index in [-0.39, 0.29) is 18.0 Å². The molecule has 1 aromatic heterocycles. The molecule has 1 heterocycles. The zero-order valence-corrected chi connectivity index (χ0v) is 7.24. The van der Waals surface area contributed by atoms with E-state index in [1.807, 2.05) is 0 Å². The third-order valence-corrected chi connectivity index (χ3v) is 1.59. The molecular weight excluding hydrogens is 172 g/mol. The van der Waals surface area contributed by atoms with Crippen molar-refractivity contribution < 1.29 is 19.1 Å². The second-order valence-electron chi connectivity index (χ2n) is 2.72. The van der Waals surface area contributed by atoms with Crippen molar-refractivity contribution >= 4 is 11.8 Å². The normalized spacial score (nSPS) is 9.92. The minimum absolute atomic E-state index is 0.0187. The zero-order valence-electron chi connectivity index (χ0n) is 7.24. The number of hydrogen-bond acceptors (Lipinski definition) is 3. The van der Waals surface area contributed by atoms with Crippen molar-refractivity contribution in [3.05, 3.63) is 23.7 Å². The Labute approximate surface area is 75.2 Å². The van der Waals surface area contributed by atoms with Crippen molar-refractivity contribution in [2.45, 2.75) is 19.8 Å². The Morgan fingerprint density at radius 2 is 2.15 bits per heavy atom. The number of hydrogen-bond donors (Lipinski definition) is 1. The summed E-state index contributed by atoms with van der Waals surface area (Å²) < 4.78 is 5.08. The monoisotopic (exact) mass is 182 g/mol. The number of aryl methyl sites for hydroxylation is 1. The lowest BCUT2D eigenvalue weighted by Gasteiger charge is -1.91. The molecule has 0 aliphatic heterocycles. The van der Waals surface area contributed by atoms with Gasteiger partial charge in [0.1, 0.15) is 5.76 Å². The van der Waals surface area contributed by atoms with Gasteiger partial charge in [0, 0.05) is 13.3 Å². The van der Waals surface area contributed by atoms with E-state index in [0.29, 0.717) is 12.2 Å². The molecule has 1 aromatic rings. The lowest BCUT2D eigenvalue weighted by Crippen LogP contribution is -1.96. The number of carbonyl (C=O) groups excluding carboxylic acids is 1. The summed E-state index contributed by atoms with van der Waals surface area (Å²) in [7, 11) is 0. The molecule has 70 valence electrons. The van der Waals surface area contributed by atoms with E-state index in [1.54, 1.807) is 12.1 Å². The van der Waals surface area contributed by atoms with Crippen LogP contribution in [0.5, 0.6) is 0 Å². The van der Waals surface area contributed by atoms with Crippen molar-refractivity contribution in [1.29, 1.82) is 0 Å². The molecule has 1 rings (SSSR count). The first kappa shape index (κ1) is 9.51. The average Bonchev–Trinajstić information content (AvgIpc) is 2.48. The molecule has 0 aliphatic carbocycles. The molecule has 4 nitrogen and oxygen atoms in total. The maximum absolute atomic E-state index is 10.8. The van der Waals surface area contributed by atoms with E-state index in [4.69, 9.17) is 9.52 Å². The van der Waals surface area contributed by atoms with Crippen LogP contribution in [-0.4, -0.2) is 16.9 Å². The topological polar surface area (TPSA) is 67.5 Å². The van der Waals surface area contributed by atoms with Crippen LogP contribution >= 0.6 is 0 Å². The van der Waals surface area contributed by atoms with E-state index >= 15 is 0 Å². The zero-order chi connectivity index (χ0) is 9.84. The lowest BCUT2D eigenvalue weighted by atomic mass is 10.2. The summed E-state index contributed by atoms with van der Waals surface area (Å²) in [6.45, 7) is 1.40. The molecule has 0 atom stereocenters. The van der Waals surface area contributed by atoms with Gasteiger partial charge in [0.05, 0.1) is 6.42 Å². The minimum atomic E-state index is -0.874. The number of Topliss-reactive ketones (excluding diaryl/α,β-unsaturated/α-hetero) is 1. The van der Waals surface area contributed by atoms with E-state index < -0.39 is 5.97 Å². The van der Waals surface area contributed by atoms with Gasteiger partial charge in [-0.15, -0.1) is 0 Å². The van der Waals surface area contributed by atoms with Gasteiger partial charge in [-0.05, 0) is 12.1 Å². The summed E-state index contributed by atoms with van der Waals surface area (Å²) in [5.41, 5.74) is 0. The molecule has 0 aromatic carbocycles. The molecule has 1 N–H and O–H groups in total. The van der Waals surface area contributed by atoms with Crippen LogP contribution in [0.2, 0.25) is 0 Å². The second-order valence-corrected chi connectivity index (χ2v) is 2.72. The number of aliphatic carboxylic acids is 1. The third kappa shape index (κ3) is 2.74. The Hall–Kier alpha value is -1.58. The number of rotatable bonds is 4. The summed E-state index contributed by atoms with van der Waals surface area (Å²) in [4.78, 5) is 21.0. The summed E-state index contributed by atoms with van der Waals surface area (Å²) >= 11 is 0. The van der Waals surface area contributed by atoms with Crippen molar-refractivity contribution in [3.8, 4) is 0 Å². The molecule has 0 fully saturated rings. The molecule has 0 amide bonds. The van der Waals surface area contributed by atoms with Crippen LogP contribution in [0, 0.1) is 0 Å². The number of carbonyl (C=O) groups is 2. The van der Waals surface area contributed by atoms with Gasteiger partial charge >= 0.3 is 5.97 Å². The summed E-state index contributed by atoms with van der Waals surface area (Å²) in [5.74, 6) is -0.213. The largest absolute Gasteiger partial charge is 0.481 e. The third-order valence-electron chi connectivity index (χ3n) is 1.59. The summed E-state index contributed by atoms with van der Waals surface area (Å²) in [6, 6.07) is 3.18. The van der Waals surface area contributed by atoms with Gasteiger partial charge < -0.3 is 9.52 Å². The molecule has 0 unspecified atom stereocenters. The summed E-state index contributed by atoms with van der Waals surface area (Å²) in [5, 5.41) is 8.38. The van der Waals surface area contributed by atoms with Crippen LogP contribution in [0.15, 0.2) is 16.5 Å². The van der Waals surface area contributed by atoms with Crippen LogP contribution in [0.25, 0.3) is 0 Å². The van der Waals surface area contributed by atoms with Gasteiger partial charge in [-0.2, -0.15) is 0 Å². The smallest absolute Gasteiger partial charge is 0.303 e. The molecular formula is C9H10O4. The van der Waals surface area contributed by atoms with Crippen LogP contribution in [-0.2, 0) is 11.2 Å². The fraction of sp³-hybridized carbons (Fsp3) is 0.333. The number of carboxylic acids is 1. The number of ketones is 1. The molecule has 13 heavy (non-hydrogen) atoms. The van der Waals surface area contributed by atoms with Gasteiger partial charge in [0.2, 0.25) is 0 Å². The molecule has 0 saturated heterocycles. The fourth-order valence-corrected chi connectivity index (χ4v) is 0.932. The fourth-order valence-electron chi connectivity index (χ4n) is 0.932. The SMILES string of the molecule is CC(=O)c1ccc(CCC(=O)O)o1.